The molecule has 1 fully saturated rings. The molecule has 0 bridgehead atoms. The monoisotopic (exact) mass is 384 g/mol. The zero-order valence-corrected chi connectivity index (χ0v) is 15.4. The SMILES string of the molecule is CNC(=O)c1cccc(NC(=O)N2CCN(C(=O)c3cccc(F)c3)CC2)c1. The van der Waals surface area contributed by atoms with Crippen LogP contribution >= 0.6 is 0 Å². The number of anilines is 1. The van der Waals surface area contributed by atoms with E-state index in [2.05, 4.69) is 10.6 Å². The molecule has 2 aromatic rings. The average Bonchev–Trinajstić information content (AvgIpc) is 2.73. The van der Waals surface area contributed by atoms with Gasteiger partial charge < -0.3 is 20.4 Å². The molecule has 0 saturated carbocycles. The van der Waals surface area contributed by atoms with Crippen LogP contribution in [0.3, 0.4) is 0 Å². The minimum Gasteiger partial charge on any atom is -0.355 e. The Morgan fingerprint density at radius 2 is 1.54 bits per heavy atom. The summed E-state index contributed by atoms with van der Waals surface area (Å²) in [4.78, 5) is 39.8. The lowest BCUT2D eigenvalue weighted by atomic mass is 10.1. The number of hydrogen-bond donors (Lipinski definition) is 2. The summed E-state index contributed by atoms with van der Waals surface area (Å²) >= 11 is 0. The maximum absolute atomic E-state index is 13.3. The van der Waals surface area contributed by atoms with E-state index in [0.29, 0.717) is 43.0 Å². The van der Waals surface area contributed by atoms with Gasteiger partial charge in [0.25, 0.3) is 11.8 Å². The van der Waals surface area contributed by atoms with E-state index in [1.807, 2.05) is 0 Å². The number of nitrogens with zero attached hydrogens (tertiary/aromatic N) is 2. The van der Waals surface area contributed by atoms with Crippen LogP contribution in [0.4, 0.5) is 14.9 Å². The number of nitrogens with one attached hydrogen (secondary N) is 2. The summed E-state index contributed by atoms with van der Waals surface area (Å²) in [5.41, 5.74) is 1.26. The molecule has 146 valence electrons. The van der Waals surface area contributed by atoms with Crippen LogP contribution in [0.5, 0.6) is 0 Å². The normalized spacial score (nSPS) is 13.8. The Kier molecular flexibility index (Phi) is 5.88. The molecule has 2 aromatic carbocycles. The molecule has 4 amide bonds. The Hall–Kier alpha value is -3.42. The number of carbonyl (C=O) groups excluding carboxylic acids is 3. The van der Waals surface area contributed by atoms with Crippen molar-refractivity contribution in [1.29, 1.82) is 0 Å². The van der Waals surface area contributed by atoms with Crippen LogP contribution in [0, 0.1) is 5.82 Å². The first-order valence-electron chi connectivity index (χ1n) is 8.91. The van der Waals surface area contributed by atoms with Crippen LogP contribution in [0.1, 0.15) is 20.7 Å². The number of amides is 4. The summed E-state index contributed by atoms with van der Waals surface area (Å²) < 4.78 is 13.3. The van der Waals surface area contributed by atoms with Crippen molar-refractivity contribution in [2.75, 3.05) is 38.5 Å². The fourth-order valence-corrected chi connectivity index (χ4v) is 3.00. The van der Waals surface area contributed by atoms with Crippen molar-refractivity contribution in [1.82, 2.24) is 15.1 Å². The molecule has 0 radical (unpaired) electrons. The number of piperazine rings is 1. The number of benzene rings is 2. The van der Waals surface area contributed by atoms with E-state index in [4.69, 9.17) is 0 Å². The second kappa shape index (κ2) is 8.51. The molecular formula is C20H21FN4O3. The second-order valence-electron chi connectivity index (χ2n) is 6.38. The van der Waals surface area contributed by atoms with Crippen LogP contribution in [0.2, 0.25) is 0 Å². The van der Waals surface area contributed by atoms with Gasteiger partial charge in [0.05, 0.1) is 0 Å². The Balaban J connectivity index is 1.57. The van der Waals surface area contributed by atoms with Crippen molar-refractivity contribution in [3.8, 4) is 0 Å². The third kappa shape index (κ3) is 4.46. The quantitative estimate of drug-likeness (QED) is 0.851. The molecule has 0 spiro atoms. The van der Waals surface area contributed by atoms with Gasteiger partial charge in [-0.3, -0.25) is 9.59 Å². The van der Waals surface area contributed by atoms with Crippen molar-refractivity contribution in [3.05, 3.63) is 65.5 Å². The Labute approximate surface area is 162 Å². The molecule has 0 aromatic heterocycles. The van der Waals surface area contributed by atoms with Crippen molar-refractivity contribution < 1.29 is 18.8 Å². The molecule has 1 aliphatic rings. The molecule has 1 aliphatic heterocycles. The molecule has 8 heteroatoms. The third-order valence-corrected chi connectivity index (χ3v) is 4.53. The molecule has 0 aliphatic carbocycles. The van der Waals surface area contributed by atoms with Crippen LogP contribution < -0.4 is 10.6 Å². The minimum atomic E-state index is -0.456. The maximum Gasteiger partial charge on any atom is 0.321 e. The Morgan fingerprint density at radius 1 is 0.893 bits per heavy atom. The molecule has 0 unspecified atom stereocenters. The van der Waals surface area contributed by atoms with Crippen LogP contribution in [0.25, 0.3) is 0 Å². The van der Waals surface area contributed by atoms with E-state index >= 15 is 0 Å². The van der Waals surface area contributed by atoms with E-state index in [1.165, 1.54) is 25.2 Å². The van der Waals surface area contributed by atoms with E-state index < -0.39 is 5.82 Å². The average molecular weight is 384 g/mol. The topological polar surface area (TPSA) is 81.8 Å². The highest BCUT2D eigenvalue weighted by molar-refractivity contribution is 5.97. The van der Waals surface area contributed by atoms with E-state index in [9.17, 15) is 18.8 Å². The van der Waals surface area contributed by atoms with E-state index in [-0.39, 0.29) is 17.8 Å². The highest BCUT2D eigenvalue weighted by Crippen LogP contribution is 2.14. The number of halogens is 1. The summed E-state index contributed by atoms with van der Waals surface area (Å²) in [5, 5.41) is 5.30. The predicted molar refractivity (Wildman–Crippen MR) is 103 cm³/mol. The zero-order chi connectivity index (χ0) is 20.1. The fourth-order valence-electron chi connectivity index (χ4n) is 3.00. The lowest BCUT2D eigenvalue weighted by molar-refractivity contribution is 0.0671. The molecule has 1 heterocycles. The first-order chi connectivity index (χ1) is 13.5. The van der Waals surface area contributed by atoms with Gasteiger partial charge >= 0.3 is 6.03 Å². The van der Waals surface area contributed by atoms with Crippen molar-refractivity contribution in [3.63, 3.8) is 0 Å². The fraction of sp³-hybridized carbons (Fsp3) is 0.250. The van der Waals surface area contributed by atoms with Gasteiger partial charge in [-0.1, -0.05) is 12.1 Å². The van der Waals surface area contributed by atoms with Gasteiger partial charge in [0.2, 0.25) is 0 Å². The lowest BCUT2D eigenvalue weighted by Crippen LogP contribution is -2.51. The van der Waals surface area contributed by atoms with Gasteiger partial charge in [-0.2, -0.15) is 0 Å². The second-order valence-corrected chi connectivity index (χ2v) is 6.38. The van der Waals surface area contributed by atoms with Gasteiger partial charge in [0.15, 0.2) is 0 Å². The Bertz CT molecular complexity index is 895. The smallest absolute Gasteiger partial charge is 0.321 e. The first kappa shape index (κ1) is 19.3. The van der Waals surface area contributed by atoms with Gasteiger partial charge in [-0.25, -0.2) is 9.18 Å². The third-order valence-electron chi connectivity index (χ3n) is 4.53. The number of carbonyl (C=O) groups is 3. The highest BCUT2D eigenvalue weighted by Gasteiger charge is 2.25. The first-order valence-corrected chi connectivity index (χ1v) is 8.91. The lowest BCUT2D eigenvalue weighted by Gasteiger charge is -2.34. The molecule has 3 rings (SSSR count). The largest absolute Gasteiger partial charge is 0.355 e. The zero-order valence-electron chi connectivity index (χ0n) is 15.4. The van der Waals surface area contributed by atoms with Gasteiger partial charge in [-0.05, 0) is 36.4 Å². The van der Waals surface area contributed by atoms with Gasteiger partial charge in [-0.15, -0.1) is 0 Å². The predicted octanol–water partition coefficient (Wildman–Crippen LogP) is 2.18. The summed E-state index contributed by atoms with van der Waals surface area (Å²) in [5.74, 6) is -0.943. The van der Waals surface area contributed by atoms with Crippen LogP contribution in [0.15, 0.2) is 48.5 Å². The molecule has 0 atom stereocenters. The van der Waals surface area contributed by atoms with Crippen molar-refractivity contribution in [2.24, 2.45) is 0 Å². The van der Waals surface area contributed by atoms with Gasteiger partial charge in [0, 0.05) is 50.0 Å². The summed E-state index contributed by atoms with van der Waals surface area (Å²) in [7, 11) is 1.54. The molecule has 1 saturated heterocycles. The Morgan fingerprint density at radius 3 is 2.21 bits per heavy atom. The molecule has 7 nitrogen and oxygen atoms in total. The maximum atomic E-state index is 13.3. The molecule has 2 N–H and O–H groups in total. The van der Waals surface area contributed by atoms with Gasteiger partial charge in [0.1, 0.15) is 5.82 Å². The molecule has 28 heavy (non-hydrogen) atoms. The van der Waals surface area contributed by atoms with E-state index in [1.54, 1.807) is 40.1 Å². The summed E-state index contributed by atoms with van der Waals surface area (Å²) in [6.45, 7) is 1.45. The standard InChI is InChI=1S/C20H21FN4O3/c1-22-18(26)14-4-3-7-17(13-14)23-20(28)25-10-8-24(9-11-25)19(27)15-5-2-6-16(21)12-15/h2-7,12-13H,8-11H2,1H3,(H,22,26)(H,23,28). The number of urea groups is 1. The van der Waals surface area contributed by atoms with Crippen molar-refractivity contribution >= 4 is 23.5 Å². The van der Waals surface area contributed by atoms with E-state index in [0.717, 1.165) is 0 Å². The molecular weight excluding hydrogens is 363 g/mol. The van der Waals surface area contributed by atoms with Crippen LogP contribution in [-0.4, -0.2) is 60.9 Å². The summed E-state index contributed by atoms with van der Waals surface area (Å²) in [6.07, 6.45) is 0. The number of hydrogen-bond acceptors (Lipinski definition) is 3. The number of rotatable bonds is 3. The van der Waals surface area contributed by atoms with Crippen molar-refractivity contribution in [2.45, 2.75) is 0 Å². The van der Waals surface area contributed by atoms with Crippen LogP contribution in [-0.2, 0) is 0 Å². The minimum absolute atomic E-state index is 0.236. The summed E-state index contributed by atoms with van der Waals surface area (Å²) in [6, 6.07) is 11.9. The highest BCUT2D eigenvalue weighted by atomic mass is 19.1.